The SMILES string of the molecule is CCCCCCCCCCN(C)C1CCCc2ccccc21.Cc1cc(C(F)(F)F)nn1C=CN1CCC(c2cccc(C(=O)O)n2)CC1. The molecule has 1 fully saturated rings. The van der Waals surface area contributed by atoms with Crippen molar-refractivity contribution in [3.63, 3.8) is 0 Å². The maximum atomic E-state index is 12.7. The molecule has 0 bridgehead atoms. The lowest BCUT2D eigenvalue weighted by Gasteiger charge is -2.33. The minimum Gasteiger partial charge on any atom is -0.477 e. The van der Waals surface area contributed by atoms with Gasteiger partial charge in [-0.15, -0.1) is 0 Å². The molecule has 1 aromatic carbocycles. The largest absolute Gasteiger partial charge is 0.477 e. The van der Waals surface area contributed by atoms with E-state index in [-0.39, 0.29) is 11.6 Å². The zero-order chi connectivity index (χ0) is 35.2. The summed E-state index contributed by atoms with van der Waals surface area (Å²) in [4.78, 5) is 19.8. The highest BCUT2D eigenvalue weighted by atomic mass is 19.4. The van der Waals surface area contributed by atoms with Gasteiger partial charge in [-0.25, -0.2) is 14.5 Å². The lowest BCUT2D eigenvalue weighted by molar-refractivity contribution is -0.141. The standard InChI is InChI=1S/C21H35N.C18H19F3N4O2/c1-3-4-5-6-7-8-9-12-18-22(2)21-17-13-15-19-14-10-11-16-20(19)21;1-12-11-16(18(19,20)21)23-25(12)10-9-24-7-5-13(6-8-24)14-3-2-4-15(22-14)17(26)27/h10-11,14,16,21H,3-9,12-13,15,17-18H2,1-2H3;2-4,9-11,13H,5-8H2,1H3,(H,26,27). The van der Waals surface area contributed by atoms with Crippen molar-refractivity contribution >= 4 is 12.2 Å². The zero-order valence-corrected chi connectivity index (χ0v) is 29.5. The van der Waals surface area contributed by atoms with Crippen molar-refractivity contribution in [3.05, 3.63) is 88.6 Å². The lowest BCUT2D eigenvalue weighted by atomic mass is 9.87. The summed E-state index contributed by atoms with van der Waals surface area (Å²) in [6, 6.07) is 15.7. The molecule has 1 atom stereocenters. The van der Waals surface area contributed by atoms with Gasteiger partial charge in [-0.1, -0.05) is 82.2 Å². The van der Waals surface area contributed by atoms with Crippen LogP contribution >= 0.6 is 0 Å². The van der Waals surface area contributed by atoms with Crippen molar-refractivity contribution in [2.24, 2.45) is 0 Å². The maximum Gasteiger partial charge on any atom is 0.435 e. The van der Waals surface area contributed by atoms with Gasteiger partial charge in [0, 0.05) is 48.8 Å². The van der Waals surface area contributed by atoms with Crippen LogP contribution < -0.4 is 0 Å². The van der Waals surface area contributed by atoms with E-state index in [0.717, 1.165) is 24.6 Å². The van der Waals surface area contributed by atoms with Gasteiger partial charge in [-0.05, 0) is 88.4 Å². The van der Waals surface area contributed by atoms with Crippen molar-refractivity contribution in [2.75, 3.05) is 26.7 Å². The Morgan fingerprint density at radius 3 is 2.33 bits per heavy atom. The van der Waals surface area contributed by atoms with Gasteiger partial charge < -0.3 is 10.0 Å². The second-order valence-corrected chi connectivity index (χ2v) is 13.5. The van der Waals surface area contributed by atoms with Gasteiger partial charge in [0.15, 0.2) is 5.69 Å². The third-order valence-corrected chi connectivity index (χ3v) is 9.80. The van der Waals surface area contributed by atoms with Crippen LogP contribution in [-0.2, 0) is 12.6 Å². The highest BCUT2D eigenvalue weighted by Crippen LogP contribution is 2.34. The molecule has 0 saturated carbocycles. The Hall–Kier alpha value is -3.66. The third-order valence-electron chi connectivity index (χ3n) is 9.80. The molecule has 3 heterocycles. The average molecular weight is 682 g/mol. The molecular formula is C39H54F3N5O2. The van der Waals surface area contributed by atoms with E-state index < -0.39 is 17.8 Å². The molecular weight excluding hydrogens is 627 g/mol. The van der Waals surface area contributed by atoms with E-state index in [0.29, 0.717) is 24.8 Å². The molecule has 1 N–H and O–H groups in total. The number of carboxylic acids is 1. The number of hydrogen-bond donors (Lipinski definition) is 1. The maximum absolute atomic E-state index is 12.7. The molecule has 1 saturated heterocycles. The van der Waals surface area contributed by atoms with E-state index in [1.807, 2.05) is 11.0 Å². The van der Waals surface area contributed by atoms with Crippen LogP contribution in [-0.4, -0.2) is 62.3 Å². The Labute approximate surface area is 290 Å². The summed E-state index contributed by atoms with van der Waals surface area (Å²) in [5.74, 6) is -0.887. The number of hydrogen-bond acceptors (Lipinski definition) is 5. The van der Waals surface area contributed by atoms with Crippen molar-refractivity contribution in [3.8, 4) is 0 Å². The van der Waals surface area contributed by atoms with E-state index in [2.05, 4.69) is 53.2 Å². The number of piperidine rings is 1. The van der Waals surface area contributed by atoms with E-state index >= 15 is 0 Å². The summed E-state index contributed by atoms with van der Waals surface area (Å²) in [6.45, 7) is 6.52. The fraction of sp³-hybridized carbons (Fsp3) is 0.564. The molecule has 0 amide bonds. The summed E-state index contributed by atoms with van der Waals surface area (Å²) in [5, 5.41) is 12.6. The quantitative estimate of drug-likeness (QED) is 0.171. The van der Waals surface area contributed by atoms with Gasteiger partial charge in [-0.3, -0.25) is 4.90 Å². The Kier molecular flexibility index (Phi) is 14.7. The van der Waals surface area contributed by atoms with Crippen molar-refractivity contribution in [1.82, 2.24) is 24.6 Å². The molecule has 1 aliphatic heterocycles. The molecule has 268 valence electrons. The Morgan fingerprint density at radius 2 is 1.65 bits per heavy atom. The predicted octanol–water partition coefficient (Wildman–Crippen LogP) is 9.75. The van der Waals surface area contributed by atoms with Crippen LogP contribution in [0.3, 0.4) is 0 Å². The number of halogens is 3. The van der Waals surface area contributed by atoms with Gasteiger partial charge in [0.05, 0.1) is 0 Å². The number of aromatic carboxylic acids is 1. The fourth-order valence-electron chi connectivity index (χ4n) is 6.91. The van der Waals surface area contributed by atoms with Gasteiger partial charge in [0.25, 0.3) is 0 Å². The normalized spacial score (nSPS) is 16.9. The fourth-order valence-corrected chi connectivity index (χ4v) is 6.91. The number of rotatable bonds is 14. The molecule has 1 unspecified atom stereocenters. The summed E-state index contributed by atoms with van der Waals surface area (Å²) in [5.41, 5.74) is 3.47. The number of aryl methyl sites for hydroxylation is 2. The summed E-state index contributed by atoms with van der Waals surface area (Å²) < 4.78 is 39.3. The van der Waals surface area contributed by atoms with Gasteiger partial charge >= 0.3 is 12.1 Å². The van der Waals surface area contributed by atoms with Crippen LogP contribution in [0.15, 0.2) is 54.7 Å². The Bertz CT molecular complexity index is 1480. The summed E-state index contributed by atoms with van der Waals surface area (Å²) in [7, 11) is 2.33. The molecule has 2 aliphatic rings. The van der Waals surface area contributed by atoms with Crippen molar-refractivity contribution in [2.45, 2.75) is 115 Å². The highest BCUT2D eigenvalue weighted by Gasteiger charge is 2.34. The van der Waals surface area contributed by atoms with Crippen LogP contribution in [0.4, 0.5) is 13.2 Å². The molecule has 0 radical (unpaired) electrons. The first kappa shape index (κ1) is 38.1. The molecule has 5 rings (SSSR count). The van der Waals surface area contributed by atoms with Gasteiger partial charge in [-0.2, -0.15) is 18.3 Å². The summed E-state index contributed by atoms with van der Waals surface area (Å²) in [6.07, 6.45) is 15.6. The van der Waals surface area contributed by atoms with Crippen LogP contribution in [0.1, 0.15) is 135 Å². The third kappa shape index (κ3) is 11.7. The predicted molar refractivity (Wildman–Crippen MR) is 189 cm³/mol. The number of fused-ring (bicyclic) bond motifs is 1. The minimum atomic E-state index is -4.46. The van der Waals surface area contributed by atoms with Crippen LogP contribution in [0, 0.1) is 6.92 Å². The van der Waals surface area contributed by atoms with Crippen LogP contribution in [0.5, 0.6) is 0 Å². The number of aromatic nitrogens is 3. The number of nitrogens with zero attached hydrogens (tertiary/aromatic N) is 5. The van der Waals surface area contributed by atoms with Gasteiger partial charge in [0.1, 0.15) is 5.69 Å². The molecule has 0 spiro atoms. The number of carbonyl (C=O) groups is 1. The Balaban J connectivity index is 0.000000226. The Morgan fingerprint density at radius 1 is 0.959 bits per heavy atom. The second kappa shape index (κ2) is 18.9. The molecule has 49 heavy (non-hydrogen) atoms. The molecule has 7 nitrogen and oxygen atoms in total. The number of likely N-dealkylation sites (tertiary alicyclic amines) is 1. The number of carboxylic acid groups (broad SMARTS) is 1. The van der Waals surface area contributed by atoms with Crippen molar-refractivity contribution in [1.29, 1.82) is 0 Å². The monoisotopic (exact) mass is 681 g/mol. The smallest absolute Gasteiger partial charge is 0.435 e. The first-order valence-electron chi connectivity index (χ1n) is 18.1. The highest BCUT2D eigenvalue weighted by molar-refractivity contribution is 5.85. The molecule has 1 aliphatic carbocycles. The van der Waals surface area contributed by atoms with Crippen LogP contribution in [0.25, 0.3) is 6.20 Å². The van der Waals surface area contributed by atoms with Crippen molar-refractivity contribution < 1.29 is 23.1 Å². The molecule has 2 aromatic heterocycles. The van der Waals surface area contributed by atoms with E-state index in [4.69, 9.17) is 5.11 Å². The topological polar surface area (TPSA) is 74.5 Å². The second-order valence-electron chi connectivity index (χ2n) is 13.5. The average Bonchev–Trinajstić information content (AvgIpc) is 3.49. The number of benzene rings is 1. The first-order chi connectivity index (χ1) is 23.6. The van der Waals surface area contributed by atoms with E-state index in [1.165, 1.54) is 94.1 Å². The lowest BCUT2D eigenvalue weighted by Crippen LogP contribution is -2.29. The number of unbranched alkanes of at least 4 members (excludes halogenated alkanes) is 7. The number of pyridine rings is 1. The zero-order valence-electron chi connectivity index (χ0n) is 29.5. The van der Waals surface area contributed by atoms with Crippen LogP contribution in [0.2, 0.25) is 0 Å². The number of alkyl halides is 3. The summed E-state index contributed by atoms with van der Waals surface area (Å²) >= 11 is 0. The molecule has 10 heteroatoms. The first-order valence-corrected chi connectivity index (χ1v) is 18.1. The van der Waals surface area contributed by atoms with Gasteiger partial charge in [0.2, 0.25) is 0 Å². The van der Waals surface area contributed by atoms with E-state index in [1.54, 1.807) is 30.3 Å². The molecule has 3 aromatic rings. The minimum absolute atomic E-state index is 0.0319. The van der Waals surface area contributed by atoms with E-state index in [9.17, 15) is 18.0 Å².